The van der Waals surface area contributed by atoms with Crippen LogP contribution in [-0.2, 0) is 5.60 Å². The topological polar surface area (TPSA) is 58.6 Å². The SMILES string of the molecule is CCC(C)(O)c1ccc(Br)c(C=NC)c1N. The van der Waals surface area contributed by atoms with Gasteiger partial charge < -0.3 is 10.8 Å². The molecule has 4 heteroatoms. The van der Waals surface area contributed by atoms with Crippen LogP contribution in [0.5, 0.6) is 0 Å². The fourth-order valence-corrected chi connectivity index (χ4v) is 1.98. The molecule has 1 aromatic rings. The summed E-state index contributed by atoms with van der Waals surface area (Å²) in [6, 6.07) is 3.72. The van der Waals surface area contributed by atoms with Crippen molar-refractivity contribution in [3.8, 4) is 0 Å². The number of anilines is 1. The van der Waals surface area contributed by atoms with Crippen LogP contribution in [0.25, 0.3) is 0 Å². The van der Waals surface area contributed by atoms with E-state index < -0.39 is 5.60 Å². The van der Waals surface area contributed by atoms with Gasteiger partial charge in [-0.15, -0.1) is 0 Å². The Balaban J connectivity index is 3.40. The average molecular weight is 285 g/mol. The predicted molar refractivity (Wildman–Crippen MR) is 71.9 cm³/mol. The van der Waals surface area contributed by atoms with Crippen LogP contribution in [0, 0.1) is 0 Å². The molecular weight excluding hydrogens is 268 g/mol. The van der Waals surface area contributed by atoms with Crippen molar-refractivity contribution in [3.05, 3.63) is 27.7 Å². The Morgan fingerprint density at radius 1 is 1.56 bits per heavy atom. The van der Waals surface area contributed by atoms with E-state index in [-0.39, 0.29) is 0 Å². The highest BCUT2D eigenvalue weighted by atomic mass is 79.9. The summed E-state index contributed by atoms with van der Waals surface area (Å²) in [5.74, 6) is 0. The maximum atomic E-state index is 10.2. The Kier molecular flexibility index (Phi) is 4.10. The summed E-state index contributed by atoms with van der Waals surface area (Å²) < 4.78 is 0.881. The maximum absolute atomic E-state index is 10.2. The Hall–Kier alpha value is -0.870. The van der Waals surface area contributed by atoms with Crippen molar-refractivity contribution >= 4 is 27.8 Å². The van der Waals surface area contributed by atoms with Crippen LogP contribution in [0.1, 0.15) is 31.4 Å². The first-order valence-corrected chi connectivity index (χ1v) is 5.96. The molecule has 0 aliphatic rings. The van der Waals surface area contributed by atoms with Crippen LogP contribution in [0.2, 0.25) is 0 Å². The summed E-state index contributed by atoms with van der Waals surface area (Å²) in [6.45, 7) is 3.69. The van der Waals surface area contributed by atoms with Gasteiger partial charge in [0.05, 0.1) is 5.60 Å². The first-order valence-electron chi connectivity index (χ1n) is 5.17. The van der Waals surface area contributed by atoms with Crippen LogP contribution in [-0.4, -0.2) is 18.4 Å². The number of aliphatic hydroxyl groups is 1. The molecule has 0 heterocycles. The molecule has 0 amide bonds. The standard InChI is InChI=1S/C12H17BrN2O/c1-4-12(2,16)9-5-6-10(13)8(7-15-3)11(9)14/h5-7,16H,4,14H2,1-3H3. The van der Waals surface area contributed by atoms with Gasteiger partial charge in [-0.3, -0.25) is 4.99 Å². The number of nitrogens with two attached hydrogens (primary N) is 1. The van der Waals surface area contributed by atoms with Crippen LogP contribution in [0.4, 0.5) is 5.69 Å². The lowest BCUT2D eigenvalue weighted by molar-refractivity contribution is 0.0538. The average Bonchev–Trinajstić information content (AvgIpc) is 2.23. The molecule has 0 radical (unpaired) electrons. The minimum absolute atomic E-state index is 0.576. The molecule has 1 unspecified atom stereocenters. The molecule has 1 atom stereocenters. The lowest BCUT2D eigenvalue weighted by Crippen LogP contribution is -2.22. The van der Waals surface area contributed by atoms with Gasteiger partial charge >= 0.3 is 0 Å². The number of hydrogen-bond donors (Lipinski definition) is 2. The van der Waals surface area contributed by atoms with Gasteiger partial charge in [-0.1, -0.05) is 28.9 Å². The van der Waals surface area contributed by atoms with E-state index in [9.17, 15) is 5.11 Å². The minimum atomic E-state index is -0.902. The zero-order chi connectivity index (χ0) is 12.3. The molecule has 16 heavy (non-hydrogen) atoms. The second-order valence-corrected chi connectivity index (χ2v) is 4.79. The molecule has 0 aliphatic heterocycles. The van der Waals surface area contributed by atoms with Crippen LogP contribution in [0.3, 0.4) is 0 Å². The highest BCUT2D eigenvalue weighted by molar-refractivity contribution is 9.10. The first kappa shape index (κ1) is 13.2. The summed E-state index contributed by atoms with van der Waals surface area (Å²) in [5, 5.41) is 10.2. The molecular formula is C12H17BrN2O. The van der Waals surface area contributed by atoms with E-state index in [2.05, 4.69) is 20.9 Å². The molecule has 0 saturated heterocycles. The van der Waals surface area contributed by atoms with Gasteiger partial charge in [0.15, 0.2) is 0 Å². The Morgan fingerprint density at radius 3 is 2.69 bits per heavy atom. The molecule has 88 valence electrons. The highest BCUT2D eigenvalue weighted by Gasteiger charge is 2.24. The summed E-state index contributed by atoms with van der Waals surface area (Å²) in [7, 11) is 1.69. The molecule has 3 nitrogen and oxygen atoms in total. The Bertz CT molecular complexity index is 414. The van der Waals surface area contributed by atoms with Gasteiger partial charge in [0.25, 0.3) is 0 Å². The van der Waals surface area contributed by atoms with E-state index in [0.717, 1.165) is 15.6 Å². The van der Waals surface area contributed by atoms with Gasteiger partial charge in [-0.25, -0.2) is 0 Å². The third-order valence-electron chi connectivity index (χ3n) is 2.76. The lowest BCUT2D eigenvalue weighted by Gasteiger charge is -2.24. The van der Waals surface area contributed by atoms with Crippen LogP contribution in [0.15, 0.2) is 21.6 Å². The Labute approximate surface area is 105 Å². The molecule has 1 rings (SSSR count). The van der Waals surface area contributed by atoms with E-state index in [1.807, 2.05) is 19.1 Å². The molecule has 0 aliphatic carbocycles. The predicted octanol–water partition coefficient (Wildman–Crippen LogP) is 2.70. The van der Waals surface area contributed by atoms with Gasteiger partial charge in [0.2, 0.25) is 0 Å². The van der Waals surface area contributed by atoms with Crippen LogP contribution >= 0.6 is 15.9 Å². The maximum Gasteiger partial charge on any atom is 0.0885 e. The third kappa shape index (κ3) is 2.44. The van der Waals surface area contributed by atoms with Crippen molar-refractivity contribution in [3.63, 3.8) is 0 Å². The fraction of sp³-hybridized carbons (Fsp3) is 0.417. The first-order chi connectivity index (χ1) is 7.44. The van der Waals surface area contributed by atoms with Crippen molar-refractivity contribution in [2.45, 2.75) is 25.9 Å². The molecule has 0 spiro atoms. The summed E-state index contributed by atoms with van der Waals surface area (Å²) in [6.07, 6.45) is 2.30. The number of halogens is 1. The Morgan fingerprint density at radius 2 is 2.19 bits per heavy atom. The number of nitrogens with zero attached hydrogens (tertiary/aromatic N) is 1. The second kappa shape index (κ2) is 4.97. The zero-order valence-corrected chi connectivity index (χ0v) is 11.4. The van der Waals surface area contributed by atoms with Crippen molar-refractivity contribution < 1.29 is 5.11 Å². The minimum Gasteiger partial charge on any atom is -0.398 e. The smallest absolute Gasteiger partial charge is 0.0885 e. The van der Waals surface area contributed by atoms with Crippen molar-refractivity contribution in [1.29, 1.82) is 0 Å². The molecule has 0 fully saturated rings. The molecule has 0 aromatic heterocycles. The number of benzene rings is 1. The summed E-state index contributed by atoms with van der Waals surface area (Å²) in [4.78, 5) is 3.96. The van der Waals surface area contributed by atoms with E-state index in [1.54, 1.807) is 20.2 Å². The largest absolute Gasteiger partial charge is 0.398 e. The molecule has 1 aromatic carbocycles. The quantitative estimate of drug-likeness (QED) is 0.662. The van der Waals surface area contributed by atoms with Gasteiger partial charge in [0.1, 0.15) is 0 Å². The number of rotatable bonds is 3. The van der Waals surface area contributed by atoms with E-state index in [4.69, 9.17) is 5.73 Å². The molecule has 0 saturated carbocycles. The zero-order valence-electron chi connectivity index (χ0n) is 9.79. The number of nitrogen functional groups attached to an aromatic ring is 1. The molecule has 0 bridgehead atoms. The van der Waals surface area contributed by atoms with E-state index in [1.165, 1.54) is 0 Å². The van der Waals surface area contributed by atoms with Gasteiger partial charge in [0, 0.05) is 34.5 Å². The normalized spacial score (nSPS) is 15.3. The molecule has 3 N–H and O–H groups in total. The third-order valence-corrected chi connectivity index (χ3v) is 3.45. The van der Waals surface area contributed by atoms with Crippen molar-refractivity contribution in [2.75, 3.05) is 12.8 Å². The van der Waals surface area contributed by atoms with Crippen LogP contribution < -0.4 is 5.73 Å². The monoisotopic (exact) mass is 284 g/mol. The van der Waals surface area contributed by atoms with Gasteiger partial charge in [-0.2, -0.15) is 0 Å². The second-order valence-electron chi connectivity index (χ2n) is 3.94. The lowest BCUT2D eigenvalue weighted by atomic mass is 9.90. The van der Waals surface area contributed by atoms with E-state index in [0.29, 0.717) is 12.1 Å². The highest BCUT2D eigenvalue weighted by Crippen LogP contribution is 2.33. The van der Waals surface area contributed by atoms with Crippen molar-refractivity contribution in [2.24, 2.45) is 4.99 Å². The summed E-state index contributed by atoms with van der Waals surface area (Å²) >= 11 is 3.42. The van der Waals surface area contributed by atoms with Gasteiger partial charge in [-0.05, 0) is 19.4 Å². The van der Waals surface area contributed by atoms with Crippen molar-refractivity contribution in [1.82, 2.24) is 0 Å². The number of hydrogen-bond acceptors (Lipinski definition) is 3. The van der Waals surface area contributed by atoms with E-state index >= 15 is 0 Å². The summed E-state index contributed by atoms with van der Waals surface area (Å²) in [5.41, 5.74) is 7.28. The fourth-order valence-electron chi connectivity index (χ4n) is 1.53. The number of aliphatic imine (C=N–C) groups is 1.